The molecule has 0 radical (unpaired) electrons. The second-order valence-electron chi connectivity index (χ2n) is 24.3. The summed E-state index contributed by atoms with van der Waals surface area (Å²) in [4.78, 5) is 111. The predicted molar refractivity (Wildman–Crippen MR) is 326 cm³/mol. The maximum absolute atomic E-state index is 14.4. The Morgan fingerprint density at radius 3 is 2.37 bits per heavy atom. The SMILES string of the molecule is CCCCC(C)(I)C1CC(=O)N(CCC(=O)N[C@H](C(=O)N[C@@H](CCCNC(N)=O)C(=O)Nc2ccc(CNC(O)[C@]3(O)Cc4c(O)c5c(c(O)c4[C@@H](O[C@H]4C[C@H]6[C@H](O[C@@H]7[C@@H](OC)OCCN76)[C@H](C)O4)C3)C(=O)c3c(OC)cccc3C5=O)cc2)C(C)C)C1=O. The Hall–Kier alpha value is -6.41. The van der Waals surface area contributed by atoms with E-state index in [-0.39, 0.29) is 97.6 Å². The fraction of sp³-hybridized carbons (Fsp3) is 0.581. The van der Waals surface area contributed by atoms with Gasteiger partial charge in [-0.15, -0.1) is 0 Å². The van der Waals surface area contributed by atoms with E-state index in [1.54, 1.807) is 38.1 Å². The molecule has 0 saturated carbocycles. The standard InChI is InChI=1S/C62H81IN8O18/c1-8-9-20-61(5,63)36-25-42(73)71(56(36)80)22-19-41(72)69-48(30(2)3)55(79)68-37(13-11-21-65-60(64)82)54(78)67-33-17-15-32(16-18-33)29-66-59(81)62(83)27-35-45(52(77)47-46(50(35)75)49(74)34-12-10-14-39(84-6)44(34)51(47)76)40(28-62)88-43-26-38-53(31(4)87-43)89-57-58(85-7)86-24-23-70(38)57/h10,12,14-18,30-31,36-38,40,43,48,53,57-59,66,75,77,81,83H,8-9,11,13,19-29H2,1-7H3,(H,67,78)(H,68,79)(H,69,72)(H3,64,65,82)/t31-,36?,37-,38-,40-,43-,48-,53+,57+,58-,59?,61?,62-/m0/s1. The number of anilines is 1. The molecule has 13 atom stereocenters. The van der Waals surface area contributed by atoms with Crippen LogP contribution in [0.1, 0.15) is 147 Å². The molecular formula is C62H81IN8O18. The van der Waals surface area contributed by atoms with Crippen LogP contribution in [-0.4, -0.2) is 182 Å². The van der Waals surface area contributed by atoms with E-state index < -0.39 is 147 Å². The highest BCUT2D eigenvalue weighted by molar-refractivity contribution is 14.1. The first kappa shape index (κ1) is 67.0. The van der Waals surface area contributed by atoms with Gasteiger partial charge in [0.05, 0.1) is 48.5 Å². The molecule has 89 heavy (non-hydrogen) atoms. The topological polar surface area (TPSA) is 366 Å². The lowest BCUT2D eigenvalue weighted by molar-refractivity contribution is -0.258. The number of amides is 7. The number of aliphatic hydroxyl groups is 2. The number of alkyl halides is 1. The van der Waals surface area contributed by atoms with Gasteiger partial charge < -0.3 is 75.8 Å². The molecule has 4 saturated heterocycles. The van der Waals surface area contributed by atoms with Crippen molar-refractivity contribution in [1.29, 1.82) is 0 Å². The van der Waals surface area contributed by atoms with E-state index in [9.17, 15) is 58.8 Å². The van der Waals surface area contributed by atoms with Crippen molar-refractivity contribution in [2.45, 2.75) is 176 Å². The van der Waals surface area contributed by atoms with Crippen molar-refractivity contribution in [3.63, 3.8) is 0 Å². The Morgan fingerprint density at radius 2 is 1.69 bits per heavy atom. The van der Waals surface area contributed by atoms with Crippen LogP contribution in [0.4, 0.5) is 10.5 Å². The van der Waals surface area contributed by atoms with Crippen LogP contribution in [0, 0.1) is 11.8 Å². The van der Waals surface area contributed by atoms with Crippen LogP contribution in [0.2, 0.25) is 0 Å². The number of carbonyl (C=O) groups excluding carboxylic acids is 8. The number of morpholine rings is 1. The Morgan fingerprint density at radius 1 is 0.955 bits per heavy atom. The number of halogens is 1. The van der Waals surface area contributed by atoms with Crippen LogP contribution in [0.3, 0.4) is 0 Å². The Kier molecular flexibility index (Phi) is 21.1. The molecule has 9 rings (SSSR count). The number of ketones is 2. The van der Waals surface area contributed by atoms with Gasteiger partial charge in [-0.3, -0.25) is 48.7 Å². The van der Waals surface area contributed by atoms with Crippen LogP contribution >= 0.6 is 22.6 Å². The number of hydrogen-bond acceptors (Lipinski definition) is 20. The first-order chi connectivity index (χ1) is 42.3. The number of imide groups is 1. The molecule has 4 aliphatic heterocycles. The highest BCUT2D eigenvalue weighted by Gasteiger charge is 2.56. The first-order valence-corrected chi connectivity index (χ1v) is 31.3. The second kappa shape index (κ2) is 28.0. The number of hydrogen-bond donors (Lipinski definition) is 10. The third-order valence-corrected chi connectivity index (χ3v) is 19.2. The number of unbranched alkanes of at least 4 members (excludes halogenated alkanes) is 1. The molecule has 27 heteroatoms. The van der Waals surface area contributed by atoms with Gasteiger partial charge in [0, 0.05) is 97.2 Å². The molecule has 2 aliphatic carbocycles. The predicted octanol–water partition coefficient (Wildman–Crippen LogP) is 3.42. The number of benzene rings is 3. The summed E-state index contributed by atoms with van der Waals surface area (Å²) in [5.74, 6) is -6.36. The fourth-order valence-electron chi connectivity index (χ4n) is 13.0. The molecule has 0 bridgehead atoms. The molecule has 0 spiro atoms. The molecule has 3 unspecified atom stereocenters. The smallest absolute Gasteiger partial charge is 0.312 e. The summed E-state index contributed by atoms with van der Waals surface area (Å²) in [6, 6.07) is 7.49. The Balaban J connectivity index is 0.880. The lowest BCUT2D eigenvalue weighted by Crippen LogP contribution is -2.56. The van der Waals surface area contributed by atoms with Crippen LogP contribution in [0.25, 0.3) is 0 Å². The van der Waals surface area contributed by atoms with Crippen molar-refractivity contribution >= 4 is 75.4 Å². The molecular weight excluding hydrogens is 1270 g/mol. The van der Waals surface area contributed by atoms with Gasteiger partial charge in [-0.1, -0.05) is 80.5 Å². The summed E-state index contributed by atoms with van der Waals surface area (Å²) in [6.07, 6.45) is -4.34. The number of urea groups is 1. The highest BCUT2D eigenvalue weighted by atomic mass is 127. The summed E-state index contributed by atoms with van der Waals surface area (Å²) in [5.41, 5.74) is 2.61. The highest BCUT2D eigenvalue weighted by Crippen LogP contribution is 2.53. The van der Waals surface area contributed by atoms with E-state index in [2.05, 4.69) is 61.0 Å². The van der Waals surface area contributed by atoms with Gasteiger partial charge in [-0.05, 0) is 62.8 Å². The fourth-order valence-corrected chi connectivity index (χ4v) is 13.9. The summed E-state index contributed by atoms with van der Waals surface area (Å²) < 4.78 is 35.9. The number of carbonyl (C=O) groups is 8. The number of methoxy groups -OCH3 is 2. The second-order valence-corrected chi connectivity index (χ2v) is 26.8. The molecule has 7 amide bonds. The minimum absolute atomic E-state index is 0.0362. The Labute approximate surface area is 529 Å². The molecule has 3 aromatic carbocycles. The molecule has 6 aliphatic rings. The number of aliphatic hydroxyl groups excluding tert-OH is 1. The number of nitrogens with zero attached hydrogens (tertiary/aromatic N) is 2. The molecule has 0 aromatic heterocycles. The van der Waals surface area contributed by atoms with Gasteiger partial charge >= 0.3 is 6.03 Å². The van der Waals surface area contributed by atoms with E-state index in [0.29, 0.717) is 24.4 Å². The van der Waals surface area contributed by atoms with Gasteiger partial charge in [-0.2, -0.15) is 0 Å². The average molecular weight is 1350 g/mol. The van der Waals surface area contributed by atoms with Crippen LogP contribution < -0.4 is 37.1 Å². The zero-order valence-electron chi connectivity index (χ0n) is 50.9. The number of nitrogens with one attached hydrogen (secondary N) is 5. The normalized spacial score (nSPS) is 26.4. The molecule has 4 heterocycles. The minimum atomic E-state index is -2.18. The zero-order valence-corrected chi connectivity index (χ0v) is 53.1. The monoisotopic (exact) mass is 1350 g/mol. The zero-order chi connectivity index (χ0) is 64.4. The number of ether oxygens (including phenoxy) is 6. The summed E-state index contributed by atoms with van der Waals surface area (Å²) in [5, 5.41) is 62.8. The van der Waals surface area contributed by atoms with E-state index in [1.165, 1.54) is 32.4 Å². The lowest BCUT2D eigenvalue weighted by Gasteiger charge is -2.45. The van der Waals surface area contributed by atoms with E-state index in [4.69, 9.17) is 34.2 Å². The number of phenolic OH excluding ortho intramolecular Hbond substituents is 2. The number of likely N-dealkylation sites (tertiary alicyclic amines) is 1. The van der Waals surface area contributed by atoms with Crippen molar-refractivity contribution in [3.8, 4) is 17.2 Å². The van der Waals surface area contributed by atoms with Crippen LogP contribution in [0.15, 0.2) is 42.5 Å². The molecule has 11 N–H and O–H groups in total. The average Bonchev–Trinajstić information content (AvgIpc) is 1.40. The first-order valence-electron chi connectivity index (χ1n) is 30.2. The lowest BCUT2D eigenvalue weighted by atomic mass is 9.72. The number of phenols is 2. The number of fused-ring (bicyclic) bond motifs is 6. The molecule has 484 valence electrons. The quantitative estimate of drug-likeness (QED) is 0.0113. The summed E-state index contributed by atoms with van der Waals surface area (Å²) in [7, 11) is 2.86. The molecule has 3 aromatic rings. The Bertz CT molecular complexity index is 3200. The van der Waals surface area contributed by atoms with Gasteiger partial charge in [0.25, 0.3) is 0 Å². The molecule has 26 nitrogen and oxygen atoms in total. The number of primary amides is 1. The van der Waals surface area contributed by atoms with Crippen molar-refractivity contribution in [1.82, 2.24) is 31.1 Å². The van der Waals surface area contributed by atoms with Crippen molar-refractivity contribution in [2.24, 2.45) is 17.6 Å². The summed E-state index contributed by atoms with van der Waals surface area (Å²) >= 11 is 2.24. The van der Waals surface area contributed by atoms with Gasteiger partial charge in [0.2, 0.25) is 35.3 Å². The van der Waals surface area contributed by atoms with Crippen molar-refractivity contribution in [2.75, 3.05) is 45.8 Å². The van der Waals surface area contributed by atoms with E-state index in [0.717, 1.165) is 24.2 Å². The summed E-state index contributed by atoms with van der Waals surface area (Å²) in [6.45, 7) is 10.00. The van der Waals surface area contributed by atoms with Gasteiger partial charge in [-0.25, -0.2) is 4.79 Å². The minimum Gasteiger partial charge on any atom is -0.507 e. The maximum atomic E-state index is 14.4. The third-order valence-electron chi connectivity index (χ3n) is 17.9. The van der Waals surface area contributed by atoms with Gasteiger partial charge in [0.15, 0.2) is 24.6 Å². The largest absolute Gasteiger partial charge is 0.507 e. The number of rotatable bonds is 25. The van der Waals surface area contributed by atoms with Crippen molar-refractivity contribution in [3.05, 3.63) is 81.4 Å². The van der Waals surface area contributed by atoms with Gasteiger partial charge in [0.1, 0.15) is 47.3 Å². The third kappa shape index (κ3) is 14.1. The van der Waals surface area contributed by atoms with Crippen LogP contribution in [-0.2, 0) is 60.6 Å². The maximum Gasteiger partial charge on any atom is 0.312 e. The number of nitrogens with two attached hydrogens (primary N) is 1. The molecule has 4 fully saturated rings. The number of aromatic hydroxyl groups is 2. The van der Waals surface area contributed by atoms with Crippen molar-refractivity contribution < 1.29 is 87.2 Å². The van der Waals surface area contributed by atoms with Crippen LogP contribution in [0.5, 0.6) is 17.2 Å². The van der Waals surface area contributed by atoms with E-state index in [1.807, 2.05) is 13.8 Å². The van der Waals surface area contributed by atoms with E-state index >= 15 is 0 Å².